The Morgan fingerprint density at radius 1 is 1.07 bits per heavy atom. The molecule has 0 saturated carbocycles. The molecule has 0 bridgehead atoms. The zero-order valence-corrected chi connectivity index (χ0v) is 24.6. The van der Waals surface area contributed by atoms with Gasteiger partial charge in [0.15, 0.2) is 0 Å². The molecule has 220 valence electrons. The van der Waals surface area contributed by atoms with Gasteiger partial charge >= 0.3 is 6.09 Å². The van der Waals surface area contributed by atoms with Crippen molar-refractivity contribution in [3.05, 3.63) is 66.5 Å². The molecule has 2 atom stereocenters. The molecule has 0 radical (unpaired) electrons. The Balaban J connectivity index is 1.45. The van der Waals surface area contributed by atoms with Crippen molar-refractivity contribution in [2.75, 3.05) is 28.9 Å². The van der Waals surface area contributed by atoms with Crippen molar-refractivity contribution in [2.45, 2.75) is 39.7 Å². The summed E-state index contributed by atoms with van der Waals surface area (Å²) >= 11 is 0. The van der Waals surface area contributed by atoms with Crippen molar-refractivity contribution in [1.29, 1.82) is 0 Å². The van der Waals surface area contributed by atoms with E-state index in [1.807, 2.05) is 45.0 Å². The number of aryl methyl sites for hydroxylation is 1. The molecule has 0 unspecified atom stereocenters. The van der Waals surface area contributed by atoms with Crippen molar-refractivity contribution >= 4 is 38.5 Å². The molecule has 1 amide bonds. The van der Waals surface area contributed by atoms with Gasteiger partial charge in [0.1, 0.15) is 5.75 Å². The maximum atomic E-state index is 12.5. The highest BCUT2D eigenvalue weighted by molar-refractivity contribution is 7.92. The number of nitrogens with zero attached hydrogens (tertiary/aromatic N) is 4. The molecule has 0 spiro atoms. The average Bonchev–Trinajstić information content (AvgIpc) is 2.94. The molecule has 11 nitrogen and oxygen atoms in total. The predicted molar refractivity (Wildman–Crippen MR) is 163 cm³/mol. The second-order valence-electron chi connectivity index (χ2n) is 10.6. The maximum Gasteiger partial charge on any atom is 0.407 e. The molecule has 4 aromatic rings. The van der Waals surface area contributed by atoms with Crippen LogP contribution in [-0.4, -0.2) is 64.4 Å². The zero-order valence-electron chi connectivity index (χ0n) is 23.7. The van der Waals surface area contributed by atoms with E-state index in [4.69, 9.17) is 9.72 Å². The van der Waals surface area contributed by atoms with Gasteiger partial charge in [-0.15, -0.1) is 0 Å². The van der Waals surface area contributed by atoms with Crippen molar-refractivity contribution in [1.82, 2.24) is 19.9 Å². The molecule has 42 heavy (non-hydrogen) atoms. The number of anilines is 2. The average molecular weight is 591 g/mol. The summed E-state index contributed by atoms with van der Waals surface area (Å²) in [5.41, 5.74) is 2.56. The highest BCUT2D eigenvalue weighted by atomic mass is 32.2. The van der Waals surface area contributed by atoms with Gasteiger partial charge in [0.05, 0.1) is 22.7 Å². The number of aromatic nitrogens is 3. The number of rotatable bonds is 9. The summed E-state index contributed by atoms with van der Waals surface area (Å²) in [4.78, 5) is 26.5. The predicted octanol–water partition coefficient (Wildman–Crippen LogP) is 5.74. The van der Waals surface area contributed by atoms with Gasteiger partial charge in [-0.2, -0.15) is 0 Å². The number of sulfonamides is 1. The van der Waals surface area contributed by atoms with Gasteiger partial charge in [0.2, 0.25) is 21.9 Å². The Morgan fingerprint density at radius 2 is 1.90 bits per heavy atom. The van der Waals surface area contributed by atoms with Gasteiger partial charge in [-0.25, -0.2) is 28.2 Å². The van der Waals surface area contributed by atoms with E-state index in [0.717, 1.165) is 17.4 Å². The number of likely N-dealkylation sites (tertiary alicyclic amines) is 1. The summed E-state index contributed by atoms with van der Waals surface area (Å²) in [5, 5.41) is 14.2. The van der Waals surface area contributed by atoms with E-state index in [9.17, 15) is 18.3 Å². The van der Waals surface area contributed by atoms with Crippen LogP contribution < -0.4 is 14.8 Å². The van der Waals surface area contributed by atoms with E-state index in [-0.39, 0.29) is 17.7 Å². The number of piperidine rings is 1. The van der Waals surface area contributed by atoms with E-state index >= 15 is 0 Å². The fourth-order valence-electron chi connectivity index (χ4n) is 5.29. The Labute approximate surface area is 245 Å². The summed E-state index contributed by atoms with van der Waals surface area (Å²) in [6.07, 6.45) is 3.65. The number of hydrogen-bond acceptors (Lipinski definition) is 8. The second kappa shape index (κ2) is 12.2. The van der Waals surface area contributed by atoms with Gasteiger partial charge < -0.3 is 20.1 Å². The van der Waals surface area contributed by atoms with Crippen LogP contribution in [0.25, 0.3) is 22.0 Å². The molecule has 1 aliphatic heterocycles. The largest absolute Gasteiger partial charge is 0.465 e. The first-order valence-electron chi connectivity index (χ1n) is 13.9. The van der Waals surface area contributed by atoms with Crippen LogP contribution in [0.1, 0.15) is 32.3 Å². The van der Waals surface area contributed by atoms with Gasteiger partial charge in [0.25, 0.3) is 0 Å². The molecule has 1 aliphatic rings. The van der Waals surface area contributed by atoms with Gasteiger partial charge in [-0.05, 0) is 55.5 Å². The number of carboxylic acid groups (broad SMARTS) is 1. The van der Waals surface area contributed by atoms with E-state index in [2.05, 4.69) is 20.0 Å². The molecule has 12 heteroatoms. The first kappa shape index (κ1) is 29.1. The fourth-order valence-corrected chi connectivity index (χ4v) is 6.44. The topological polar surface area (TPSA) is 147 Å². The third kappa shape index (κ3) is 6.54. The summed E-state index contributed by atoms with van der Waals surface area (Å²) < 4.78 is 34.2. The van der Waals surface area contributed by atoms with E-state index in [0.29, 0.717) is 59.4 Å². The number of nitrogens with one attached hydrogen (secondary N) is 2. The number of hydrogen-bond donors (Lipinski definition) is 3. The van der Waals surface area contributed by atoms with Crippen LogP contribution in [0.5, 0.6) is 11.6 Å². The van der Waals surface area contributed by atoms with Crippen LogP contribution in [-0.2, 0) is 10.0 Å². The molecule has 5 rings (SSSR count). The summed E-state index contributed by atoms with van der Waals surface area (Å²) in [5.74, 6) is 1.51. The van der Waals surface area contributed by atoms with Crippen LogP contribution in [0, 0.1) is 12.8 Å². The lowest BCUT2D eigenvalue weighted by Crippen LogP contribution is -2.47. The lowest BCUT2D eigenvalue weighted by atomic mass is 9.96. The van der Waals surface area contributed by atoms with Gasteiger partial charge in [-0.1, -0.05) is 38.1 Å². The number of fused-ring (bicyclic) bond motifs is 1. The lowest BCUT2D eigenvalue weighted by molar-refractivity contribution is 0.119. The summed E-state index contributed by atoms with van der Waals surface area (Å²) in [6.45, 7) is 6.63. The lowest BCUT2D eigenvalue weighted by Gasteiger charge is -2.35. The van der Waals surface area contributed by atoms with Gasteiger partial charge in [-0.3, -0.25) is 4.72 Å². The van der Waals surface area contributed by atoms with Crippen LogP contribution >= 0.6 is 0 Å². The quantitative estimate of drug-likeness (QED) is 0.222. The number of benzene rings is 2. The molecule has 2 aromatic heterocycles. The highest BCUT2D eigenvalue weighted by Crippen LogP contribution is 2.39. The third-order valence-corrected chi connectivity index (χ3v) is 8.59. The molecular weight excluding hydrogens is 556 g/mol. The van der Waals surface area contributed by atoms with Crippen LogP contribution in [0.15, 0.2) is 60.9 Å². The normalized spacial score (nSPS) is 17.2. The Morgan fingerprint density at radius 3 is 2.69 bits per heavy atom. The number of carbonyl (C=O) groups is 1. The number of ether oxygens (including phenoxy) is 1. The first-order valence-corrected chi connectivity index (χ1v) is 15.5. The molecule has 0 aliphatic carbocycles. The smallest absolute Gasteiger partial charge is 0.407 e. The minimum absolute atomic E-state index is 0.0310. The van der Waals surface area contributed by atoms with E-state index in [1.165, 1.54) is 4.90 Å². The number of amides is 1. The molecule has 3 heterocycles. The Hall–Kier alpha value is -4.45. The molecule has 3 N–H and O–H groups in total. The molecule has 2 aromatic carbocycles. The third-order valence-electron chi connectivity index (χ3n) is 7.11. The van der Waals surface area contributed by atoms with E-state index in [1.54, 1.807) is 36.7 Å². The SMILES string of the molecule is CCCS(=O)(=O)Nc1cccc2c(Oc3ncccc3-c3ccnc(N[C@H]4C[C@@H](C)CN(C(=O)O)C4)n3)c(C)ccc12. The van der Waals surface area contributed by atoms with E-state index < -0.39 is 16.1 Å². The minimum atomic E-state index is -3.48. The Kier molecular flexibility index (Phi) is 8.44. The standard InChI is InChI=1S/C30H34N6O5S/c1-4-15-42(39,40)35-26-9-5-7-23-22(26)11-10-20(3)27(23)41-28-24(8-6-13-31-28)25-12-14-32-29(34-25)33-21-16-19(2)17-36(18-21)30(37)38/h5-14,19,21,35H,4,15-18H2,1-3H3,(H,37,38)(H,32,33,34)/t19-,21+/m1/s1. The van der Waals surface area contributed by atoms with Crippen LogP contribution in [0.2, 0.25) is 0 Å². The van der Waals surface area contributed by atoms with Gasteiger partial charge in [0, 0.05) is 42.3 Å². The number of pyridine rings is 1. The van der Waals surface area contributed by atoms with Crippen LogP contribution in [0.4, 0.5) is 16.4 Å². The molecular formula is C30H34N6O5S. The molecule has 1 fully saturated rings. The fraction of sp³-hybridized carbons (Fsp3) is 0.333. The maximum absolute atomic E-state index is 12.5. The van der Waals surface area contributed by atoms with Crippen molar-refractivity contribution < 1.29 is 23.1 Å². The van der Waals surface area contributed by atoms with Crippen molar-refractivity contribution in [3.8, 4) is 22.9 Å². The van der Waals surface area contributed by atoms with Crippen molar-refractivity contribution in [3.63, 3.8) is 0 Å². The minimum Gasteiger partial charge on any atom is -0.465 e. The highest BCUT2D eigenvalue weighted by Gasteiger charge is 2.28. The molecule has 1 saturated heterocycles. The summed E-state index contributed by atoms with van der Waals surface area (Å²) in [6, 6.07) is 14.5. The monoisotopic (exact) mass is 590 g/mol. The zero-order chi connectivity index (χ0) is 29.9. The first-order chi connectivity index (χ1) is 20.1. The Bertz CT molecular complexity index is 1710. The summed E-state index contributed by atoms with van der Waals surface area (Å²) in [7, 11) is -3.48. The van der Waals surface area contributed by atoms with Crippen LogP contribution in [0.3, 0.4) is 0 Å². The van der Waals surface area contributed by atoms with Crippen molar-refractivity contribution in [2.24, 2.45) is 5.92 Å². The second-order valence-corrected chi connectivity index (χ2v) is 12.5.